The Morgan fingerprint density at radius 2 is 1.43 bits per heavy atom. The fourth-order valence-electron chi connectivity index (χ4n) is 3.05. The molecule has 0 aliphatic heterocycles. The van der Waals surface area contributed by atoms with E-state index in [1.807, 2.05) is 11.8 Å². The second-order valence-corrected chi connectivity index (χ2v) is 10.4. The van der Waals surface area contributed by atoms with Gasteiger partial charge in [-0.05, 0) is 90.6 Å². The molecule has 0 heterocycles. The van der Waals surface area contributed by atoms with Gasteiger partial charge in [0.1, 0.15) is 5.60 Å². The molecular formula is C25H44O2S. The van der Waals surface area contributed by atoms with Gasteiger partial charge in [0, 0.05) is 6.92 Å². The molecule has 0 N–H and O–H groups in total. The van der Waals surface area contributed by atoms with Gasteiger partial charge >= 0.3 is 5.97 Å². The molecule has 162 valence electrons. The monoisotopic (exact) mass is 408 g/mol. The van der Waals surface area contributed by atoms with Crippen molar-refractivity contribution in [1.29, 1.82) is 0 Å². The largest absolute Gasteiger partial charge is 0.460 e. The van der Waals surface area contributed by atoms with E-state index >= 15 is 0 Å². The molecule has 0 aliphatic carbocycles. The van der Waals surface area contributed by atoms with Crippen LogP contribution in [0.5, 0.6) is 0 Å². The van der Waals surface area contributed by atoms with Gasteiger partial charge in [0.2, 0.25) is 0 Å². The lowest BCUT2D eigenvalue weighted by Crippen LogP contribution is -2.31. The van der Waals surface area contributed by atoms with Crippen molar-refractivity contribution in [3.05, 3.63) is 34.9 Å². The van der Waals surface area contributed by atoms with Crippen LogP contribution in [-0.4, -0.2) is 22.6 Å². The molecule has 0 radical (unpaired) electrons. The van der Waals surface area contributed by atoms with Crippen LogP contribution in [0.1, 0.15) is 100 Å². The number of carbonyl (C=O) groups is 1. The first-order chi connectivity index (χ1) is 13.0. The number of hydrogen-bond donors (Lipinski definition) is 0. The molecule has 0 saturated carbocycles. The Morgan fingerprint density at radius 3 is 1.93 bits per heavy atom. The lowest BCUT2D eigenvalue weighted by molar-refractivity contribution is -0.156. The van der Waals surface area contributed by atoms with Gasteiger partial charge in [0.05, 0.1) is 0 Å². The van der Waals surface area contributed by atoms with E-state index in [1.54, 1.807) is 0 Å². The van der Waals surface area contributed by atoms with E-state index in [9.17, 15) is 4.79 Å². The van der Waals surface area contributed by atoms with Crippen LogP contribution in [0.2, 0.25) is 0 Å². The summed E-state index contributed by atoms with van der Waals surface area (Å²) in [5, 5.41) is 0.613. The van der Waals surface area contributed by atoms with Crippen LogP contribution in [0.4, 0.5) is 0 Å². The summed E-state index contributed by atoms with van der Waals surface area (Å²) < 4.78 is 5.67. The molecule has 0 aromatic heterocycles. The van der Waals surface area contributed by atoms with E-state index in [0.29, 0.717) is 5.25 Å². The van der Waals surface area contributed by atoms with Crippen molar-refractivity contribution in [3.8, 4) is 0 Å². The average Bonchev–Trinajstić information content (AvgIpc) is 2.53. The predicted octanol–water partition coefficient (Wildman–Crippen LogP) is 8.04. The van der Waals surface area contributed by atoms with E-state index in [0.717, 1.165) is 50.7 Å². The molecule has 0 aromatic rings. The third kappa shape index (κ3) is 16.0. The number of allylic oxidation sites excluding steroid dienone is 6. The molecule has 0 aliphatic rings. The Kier molecular flexibility index (Phi) is 14.4. The summed E-state index contributed by atoms with van der Waals surface area (Å²) in [6, 6.07) is 0. The number of esters is 1. The van der Waals surface area contributed by atoms with Crippen molar-refractivity contribution < 1.29 is 9.53 Å². The van der Waals surface area contributed by atoms with E-state index < -0.39 is 0 Å². The fourth-order valence-corrected chi connectivity index (χ4v) is 4.07. The van der Waals surface area contributed by atoms with Crippen molar-refractivity contribution in [1.82, 2.24) is 0 Å². The Bertz CT molecular complexity index is 539. The van der Waals surface area contributed by atoms with Crippen LogP contribution in [0.3, 0.4) is 0 Å². The predicted molar refractivity (Wildman–Crippen MR) is 127 cm³/mol. The SMILES string of the molecule is CC(=O)O[C@](C)(CC/C=C(\C)CC/C=C(\C)CCC=C(C)C)CCSC(C)C. The Labute approximate surface area is 179 Å². The lowest BCUT2D eigenvalue weighted by Gasteiger charge is -2.29. The van der Waals surface area contributed by atoms with Crippen LogP contribution in [0.25, 0.3) is 0 Å². The molecule has 0 spiro atoms. The summed E-state index contributed by atoms with van der Waals surface area (Å²) in [5.41, 5.74) is 3.95. The Balaban J connectivity index is 4.41. The molecular weight excluding hydrogens is 364 g/mol. The number of carbonyl (C=O) groups excluding carboxylic acids is 1. The van der Waals surface area contributed by atoms with Gasteiger partial charge in [0.15, 0.2) is 0 Å². The fraction of sp³-hybridized carbons (Fsp3) is 0.720. The van der Waals surface area contributed by atoms with E-state index in [-0.39, 0.29) is 11.6 Å². The Morgan fingerprint density at radius 1 is 0.893 bits per heavy atom. The summed E-state index contributed by atoms with van der Waals surface area (Å²) in [5.74, 6) is 0.854. The zero-order valence-corrected chi connectivity index (χ0v) is 20.5. The molecule has 0 unspecified atom stereocenters. The summed E-state index contributed by atoms with van der Waals surface area (Å²) in [7, 11) is 0. The molecule has 2 nitrogen and oxygen atoms in total. The summed E-state index contributed by atoms with van der Waals surface area (Å²) in [6.45, 7) is 16.8. The third-order valence-electron chi connectivity index (χ3n) is 4.76. The van der Waals surface area contributed by atoms with Gasteiger partial charge in [-0.1, -0.05) is 48.8 Å². The number of rotatable bonds is 14. The van der Waals surface area contributed by atoms with Gasteiger partial charge in [-0.3, -0.25) is 4.79 Å². The van der Waals surface area contributed by atoms with Crippen molar-refractivity contribution >= 4 is 17.7 Å². The van der Waals surface area contributed by atoms with Crippen LogP contribution >= 0.6 is 11.8 Å². The number of ether oxygens (including phenoxy) is 1. The molecule has 0 amide bonds. The van der Waals surface area contributed by atoms with Gasteiger partial charge < -0.3 is 4.74 Å². The lowest BCUT2D eigenvalue weighted by atomic mass is 9.95. The maximum absolute atomic E-state index is 11.5. The third-order valence-corrected chi connectivity index (χ3v) is 5.87. The summed E-state index contributed by atoms with van der Waals surface area (Å²) in [4.78, 5) is 11.5. The highest BCUT2D eigenvalue weighted by Gasteiger charge is 2.26. The smallest absolute Gasteiger partial charge is 0.303 e. The second-order valence-electron chi connectivity index (χ2n) is 8.71. The quantitative estimate of drug-likeness (QED) is 0.215. The van der Waals surface area contributed by atoms with Crippen molar-refractivity contribution in [2.75, 3.05) is 5.75 Å². The maximum atomic E-state index is 11.5. The first-order valence-corrected chi connectivity index (χ1v) is 11.8. The van der Waals surface area contributed by atoms with Crippen molar-refractivity contribution in [2.45, 2.75) is 111 Å². The minimum atomic E-state index is -0.355. The van der Waals surface area contributed by atoms with Gasteiger partial charge in [0.25, 0.3) is 0 Å². The van der Waals surface area contributed by atoms with Crippen LogP contribution in [0, 0.1) is 0 Å². The average molecular weight is 409 g/mol. The zero-order valence-electron chi connectivity index (χ0n) is 19.7. The van der Waals surface area contributed by atoms with Crippen LogP contribution in [0.15, 0.2) is 34.9 Å². The highest BCUT2D eigenvalue weighted by molar-refractivity contribution is 7.99. The van der Waals surface area contributed by atoms with Gasteiger partial charge in [-0.2, -0.15) is 11.8 Å². The molecule has 28 heavy (non-hydrogen) atoms. The minimum Gasteiger partial charge on any atom is -0.460 e. The van der Waals surface area contributed by atoms with E-state index in [4.69, 9.17) is 4.74 Å². The van der Waals surface area contributed by atoms with Crippen molar-refractivity contribution in [3.63, 3.8) is 0 Å². The normalized spacial score (nSPS) is 14.8. The number of thioether (sulfide) groups is 1. The van der Waals surface area contributed by atoms with Crippen LogP contribution in [-0.2, 0) is 9.53 Å². The summed E-state index contributed by atoms with van der Waals surface area (Å²) >= 11 is 1.93. The standard InChI is InChI=1S/C25H44O2S/c1-20(2)12-9-13-22(5)14-10-15-23(6)16-11-17-25(8,27-24(7)26)18-19-28-21(3)4/h12,14,16,21H,9-11,13,15,17-19H2,1-8H3/b22-14+,23-16+/t25-/m1/s1. The van der Waals surface area contributed by atoms with Crippen molar-refractivity contribution in [2.24, 2.45) is 0 Å². The van der Waals surface area contributed by atoms with Gasteiger partial charge in [-0.15, -0.1) is 0 Å². The first-order valence-electron chi connectivity index (χ1n) is 10.8. The van der Waals surface area contributed by atoms with Crippen LogP contribution < -0.4 is 0 Å². The minimum absolute atomic E-state index is 0.175. The molecule has 0 rings (SSSR count). The number of hydrogen-bond acceptors (Lipinski definition) is 3. The van der Waals surface area contributed by atoms with Gasteiger partial charge in [-0.25, -0.2) is 0 Å². The first kappa shape index (κ1) is 27.0. The zero-order chi connectivity index (χ0) is 21.6. The second kappa shape index (κ2) is 15.0. The molecule has 0 bridgehead atoms. The van der Waals surface area contributed by atoms with E-state index in [2.05, 4.69) is 66.7 Å². The molecule has 1 atom stereocenters. The molecule has 0 aromatic carbocycles. The highest BCUT2D eigenvalue weighted by Crippen LogP contribution is 2.26. The maximum Gasteiger partial charge on any atom is 0.303 e. The molecule has 0 saturated heterocycles. The molecule has 0 fully saturated rings. The highest BCUT2D eigenvalue weighted by atomic mass is 32.2. The topological polar surface area (TPSA) is 26.3 Å². The van der Waals surface area contributed by atoms with E-state index in [1.165, 1.54) is 23.6 Å². The molecule has 3 heteroatoms. The summed E-state index contributed by atoms with van der Waals surface area (Å²) in [6.07, 6.45) is 14.3. The Hall–Kier alpha value is -0.960.